The maximum Gasteiger partial charge on any atom is 0.190 e. The van der Waals surface area contributed by atoms with Crippen molar-refractivity contribution in [2.75, 3.05) is 55.8 Å². The maximum absolute atomic E-state index is 17.2. The third kappa shape index (κ3) is 4.92. The number of halogens is 4. The first-order valence-electron chi connectivity index (χ1n) is 15.5. The lowest BCUT2D eigenvalue weighted by Gasteiger charge is -2.32. The highest BCUT2D eigenvalue weighted by Gasteiger charge is 2.48. The van der Waals surface area contributed by atoms with Crippen LogP contribution < -0.4 is 15.4 Å². The van der Waals surface area contributed by atoms with E-state index in [4.69, 9.17) is 36.8 Å². The highest BCUT2D eigenvalue weighted by Crippen LogP contribution is 2.52. The first kappa shape index (κ1) is 31.2. The molecule has 0 amide bonds. The Labute approximate surface area is 281 Å². The fraction of sp³-hybridized carbons (Fsp3) is 0.469. The molecule has 8 rings (SSSR count). The number of hydrogen-bond acceptors (Lipinski definition) is 11. The predicted octanol–water partition coefficient (Wildman–Crippen LogP) is 5.91. The zero-order valence-electron chi connectivity index (χ0n) is 25.1. The molecule has 246 valence electrons. The van der Waals surface area contributed by atoms with Crippen LogP contribution in [0.5, 0.6) is 5.75 Å². The van der Waals surface area contributed by atoms with Crippen LogP contribution in [0.4, 0.5) is 24.0 Å². The summed E-state index contributed by atoms with van der Waals surface area (Å²) in [6, 6.07) is 4.46. The average Bonchev–Trinajstić information content (AvgIpc) is 3.83. The number of nitrogen functional groups attached to an aromatic ring is 1. The lowest BCUT2D eigenvalue weighted by molar-refractivity contribution is 0.120. The number of aromatic nitrogens is 2. The molecule has 2 aromatic carbocycles. The van der Waals surface area contributed by atoms with Gasteiger partial charge in [0.05, 0.1) is 46.5 Å². The Kier molecular flexibility index (Phi) is 7.85. The quantitative estimate of drug-likeness (QED) is 0.185. The van der Waals surface area contributed by atoms with Crippen molar-refractivity contribution in [3.05, 3.63) is 34.4 Å². The molecular formula is C32H30ClF3N6O3S2. The molecule has 47 heavy (non-hydrogen) atoms. The van der Waals surface area contributed by atoms with Crippen molar-refractivity contribution in [1.29, 1.82) is 5.26 Å². The van der Waals surface area contributed by atoms with Crippen molar-refractivity contribution in [1.82, 2.24) is 14.9 Å². The molecule has 0 spiro atoms. The number of rotatable bonds is 6. The van der Waals surface area contributed by atoms with Gasteiger partial charge in [0.15, 0.2) is 16.7 Å². The van der Waals surface area contributed by atoms with Crippen LogP contribution in [0.15, 0.2) is 17.3 Å². The third-order valence-electron chi connectivity index (χ3n) is 9.88. The summed E-state index contributed by atoms with van der Waals surface area (Å²) in [5.41, 5.74) is 5.77. The number of nitrogens with zero attached hydrogens (tertiary/aromatic N) is 5. The molecule has 3 N–H and O–H groups in total. The predicted molar refractivity (Wildman–Crippen MR) is 176 cm³/mol. The summed E-state index contributed by atoms with van der Waals surface area (Å²) in [5, 5.41) is 21.0. The minimum Gasteiger partial charge on any atom is -0.484 e. The number of nitriles is 1. The normalized spacial score (nSPS) is 25.8. The third-order valence-corrected chi connectivity index (χ3v) is 12.4. The molecule has 15 heteroatoms. The van der Waals surface area contributed by atoms with E-state index < -0.39 is 23.9 Å². The number of thioether (sulfide) groups is 1. The second-order valence-corrected chi connectivity index (χ2v) is 15.0. The summed E-state index contributed by atoms with van der Waals surface area (Å²) >= 11 is 9.30. The molecule has 4 atom stereocenters. The zero-order valence-corrected chi connectivity index (χ0v) is 27.5. The van der Waals surface area contributed by atoms with Crippen LogP contribution in [0.25, 0.3) is 32.1 Å². The Balaban J connectivity index is 1.36. The van der Waals surface area contributed by atoms with E-state index in [1.54, 1.807) is 0 Å². The van der Waals surface area contributed by atoms with Crippen LogP contribution in [-0.2, 0) is 4.74 Å². The number of benzene rings is 2. The van der Waals surface area contributed by atoms with E-state index in [1.807, 2.05) is 11.0 Å². The Morgan fingerprint density at radius 2 is 2.11 bits per heavy atom. The summed E-state index contributed by atoms with van der Waals surface area (Å²) in [5.74, 6) is -0.368. The number of fused-ring (bicyclic) bond motifs is 2. The number of thiophene rings is 1. The summed E-state index contributed by atoms with van der Waals surface area (Å²) < 4.78 is 58.9. The Bertz CT molecular complexity index is 1970. The van der Waals surface area contributed by atoms with Crippen LogP contribution in [-0.4, -0.2) is 89.0 Å². The molecule has 3 saturated heterocycles. The molecule has 3 fully saturated rings. The van der Waals surface area contributed by atoms with E-state index in [1.165, 1.54) is 23.9 Å². The fourth-order valence-corrected chi connectivity index (χ4v) is 10.1. The molecule has 0 bridgehead atoms. The molecule has 6 heterocycles. The van der Waals surface area contributed by atoms with Crippen molar-refractivity contribution < 1.29 is 27.8 Å². The lowest BCUT2D eigenvalue weighted by Crippen LogP contribution is -2.43. The van der Waals surface area contributed by atoms with Gasteiger partial charge in [0, 0.05) is 35.4 Å². The second-order valence-electron chi connectivity index (χ2n) is 12.6. The molecule has 0 radical (unpaired) electrons. The van der Waals surface area contributed by atoms with E-state index in [0.717, 1.165) is 30.7 Å². The van der Waals surface area contributed by atoms with Crippen molar-refractivity contribution in [3.8, 4) is 22.9 Å². The average molecular weight is 703 g/mol. The monoisotopic (exact) mass is 702 g/mol. The summed E-state index contributed by atoms with van der Waals surface area (Å²) in [7, 11) is 0. The van der Waals surface area contributed by atoms with E-state index in [9.17, 15) is 19.1 Å². The van der Waals surface area contributed by atoms with Gasteiger partial charge in [-0.25, -0.2) is 23.1 Å². The number of aliphatic hydroxyl groups is 1. The smallest absolute Gasteiger partial charge is 0.190 e. The van der Waals surface area contributed by atoms with E-state index in [0.29, 0.717) is 49.3 Å². The minimum atomic E-state index is -0.898. The van der Waals surface area contributed by atoms with Gasteiger partial charge < -0.3 is 25.2 Å². The Morgan fingerprint density at radius 1 is 1.26 bits per heavy atom. The lowest BCUT2D eigenvalue weighted by atomic mass is 9.96. The number of hydrogen-bond donors (Lipinski definition) is 2. The van der Waals surface area contributed by atoms with Crippen LogP contribution in [0.2, 0.25) is 5.02 Å². The van der Waals surface area contributed by atoms with Gasteiger partial charge in [0.25, 0.3) is 0 Å². The molecule has 2 aromatic heterocycles. The van der Waals surface area contributed by atoms with Gasteiger partial charge in [0.2, 0.25) is 0 Å². The standard InChI is InChI=1S/C32H30ClF3N6O3S2/c33-24-22(18-2-3-20(35)28-21(18)19(9-37)29(38)47-28)25(36)26-23-27(24)45-17(12-43)11-42(16-4-7-44-13-16)30(23)40-31(39-26)46-14-32-5-1-6-41(32)10-15(34)8-32/h2-3,15-17,43H,1,4-8,10-14,38H2/t15-,16?,17?,32+/m1/s1. The highest BCUT2D eigenvalue weighted by atomic mass is 35.5. The summed E-state index contributed by atoms with van der Waals surface area (Å²) in [4.78, 5) is 13.9. The maximum atomic E-state index is 17.2. The second kappa shape index (κ2) is 11.8. The van der Waals surface area contributed by atoms with E-state index in [-0.39, 0.29) is 78.2 Å². The van der Waals surface area contributed by atoms with Gasteiger partial charge in [-0.1, -0.05) is 29.4 Å². The van der Waals surface area contributed by atoms with Crippen LogP contribution >= 0.6 is 34.7 Å². The Morgan fingerprint density at radius 3 is 2.87 bits per heavy atom. The Hall–Kier alpha value is -3.06. The van der Waals surface area contributed by atoms with Crippen LogP contribution in [0.1, 0.15) is 31.2 Å². The van der Waals surface area contributed by atoms with Crippen molar-refractivity contribution in [2.45, 2.75) is 54.7 Å². The number of anilines is 2. The van der Waals surface area contributed by atoms with Gasteiger partial charge >= 0.3 is 0 Å². The molecule has 4 aliphatic heterocycles. The first-order valence-corrected chi connectivity index (χ1v) is 17.7. The number of ether oxygens (including phenoxy) is 2. The van der Waals surface area contributed by atoms with Crippen LogP contribution in [0, 0.1) is 23.0 Å². The molecule has 9 nitrogen and oxygen atoms in total. The molecule has 4 aromatic rings. The fourth-order valence-electron chi connectivity index (χ4n) is 7.71. The zero-order chi connectivity index (χ0) is 32.6. The largest absolute Gasteiger partial charge is 0.484 e. The first-order chi connectivity index (χ1) is 22.7. The molecular weight excluding hydrogens is 673 g/mol. The number of alkyl halides is 1. The van der Waals surface area contributed by atoms with Crippen molar-refractivity contribution in [2.24, 2.45) is 0 Å². The highest BCUT2D eigenvalue weighted by molar-refractivity contribution is 7.99. The van der Waals surface area contributed by atoms with Gasteiger partial charge in [-0.15, -0.1) is 11.3 Å². The number of nitrogens with two attached hydrogens (primary N) is 1. The summed E-state index contributed by atoms with van der Waals surface area (Å²) in [6.07, 6.45) is 1.31. The molecule has 4 aliphatic rings. The molecule has 0 aliphatic carbocycles. The van der Waals surface area contributed by atoms with Crippen LogP contribution in [0.3, 0.4) is 0 Å². The van der Waals surface area contributed by atoms with Crippen molar-refractivity contribution >= 4 is 66.5 Å². The summed E-state index contributed by atoms with van der Waals surface area (Å²) in [6.45, 7) is 2.06. The van der Waals surface area contributed by atoms with E-state index in [2.05, 4.69) is 4.90 Å². The minimum absolute atomic E-state index is 0.0187. The van der Waals surface area contributed by atoms with Crippen molar-refractivity contribution in [3.63, 3.8) is 0 Å². The van der Waals surface area contributed by atoms with E-state index >= 15 is 4.39 Å². The van der Waals surface area contributed by atoms with Gasteiger partial charge in [-0.2, -0.15) is 5.26 Å². The van der Waals surface area contributed by atoms with Gasteiger partial charge in [0.1, 0.15) is 40.5 Å². The SMILES string of the molecule is N#Cc1c(N)sc2c(F)ccc(-c3c(Cl)c4c5c(nc(SC[C@@]67CCCN6C[C@H](F)C7)nc5c3F)N(C3CCOC3)CC(CO)O4)c12. The topological polar surface area (TPSA) is 121 Å². The van der Waals surface area contributed by atoms with Gasteiger partial charge in [-0.3, -0.25) is 4.90 Å². The number of aliphatic hydroxyl groups excluding tert-OH is 1. The molecule has 0 saturated carbocycles. The molecule has 2 unspecified atom stereocenters. The van der Waals surface area contributed by atoms with Gasteiger partial charge in [-0.05, 0) is 43.9 Å².